The van der Waals surface area contributed by atoms with Gasteiger partial charge in [0.15, 0.2) is 0 Å². The van der Waals surface area contributed by atoms with Gasteiger partial charge in [-0.3, -0.25) is 4.79 Å². The van der Waals surface area contributed by atoms with Crippen molar-refractivity contribution in [3.05, 3.63) is 27.8 Å². The first-order chi connectivity index (χ1) is 10.4. The first-order valence-corrected chi connectivity index (χ1v) is 9.99. The molecule has 122 valence electrons. The summed E-state index contributed by atoms with van der Waals surface area (Å²) in [6.45, 7) is 1.90. The van der Waals surface area contributed by atoms with E-state index in [9.17, 15) is 13.2 Å². The molecule has 2 N–H and O–H groups in total. The highest BCUT2D eigenvalue weighted by molar-refractivity contribution is 14.1. The Labute approximate surface area is 145 Å². The van der Waals surface area contributed by atoms with E-state index in [1.54, 1.807) is 12.1 Å². The van der Waals surface area contributed by atoms with Crippen LogP contribution in [0.25, 0.3) is 0 Å². The summed E-state index contributed by atoms with van der Waals surface area (Å²) < 4.78 is 27.5. The number of carbonyl (C=O) groups is 1. The van der Waals surface area contributed by atoms with Gasteiger partial charge in [-0.05, 0) is 65.6 Å². The highest BCUT2D eigenvalue weighted by Gasteiger charge is 2.23. The Morgan fingerprint density at radius 2 is 1.86 bits per heavy atom. The van der Waals surface area contributed by atoms with E-state index in [1.807, 2.05) is 0 Å². The largest absolute Gasteiger partial charge is 0.352 e. The quantitative estimate of drug-likeness (QED) is 0.696. The third-order valence-corrected chi connectivity index (χ3v) is 6.14. The molecular formula is C15H21IN2O3S. The van der Waals surface area contributed by atoms with Crippen molar-refractivity contribution in [2.75, 3.05) is 6.54 Å². The number of amides is 1. The molecule has 2 rings (SSSR count). The molecule has 1 aromatic carbocycles. The molecule has 0 aromatic heterocycles. The number of sulfonamides is 1. The third-order valence-electron chi connectivity index (χ3n) is 4.00. The lowest BCUT2D eigenvalue weighted by Crippen LogP contribution is -2.45. The van der Waals surface area contributed by atoms with Crippen molar-refractivity contribution in [1.29, 1.82) is 0 Å². The predicted molar refractivity (Wildman–Crippen MR) is 93.9 cm³/mol. The Kier molecular flexibility index (Phi) is 6.22. The summed E-state index contributed by atoms with van der Waals surface area (Å²) in [5.74, 6) is 0.179. The van der Waals surface area contributed by atoms with Crippen molar-refractivity contribution in [1.82, 2.24) is 10.0 Å². The second kappa shape index (κ2) is 7.74. The van der Waals surface area contributed by atoms with E-state index >= 15 is 0 Å². The number of carbonyl (C=O) groups excluding carboxylic acids is 1. The predicted octanol–water partition coefficient (Wildman–Crippen LogP) is 2.26. The van der Waals surface area contributed by atoms with E-state index in [0.29, 0.717) is 5.92 Å². The van der Waals surface area contributed by atoms with Gasteiger partial charge in [0.2, 0.25) is 15.9 Å². The van der Waals surface area contributed by atoms with Crippen LogP contribution in [0.1, 0.15) is 32.6 Å². The summed E-state index contributed by atoms with van der Waals surface area (Å²) in [6.07, 6.45) is 4.40. The molecule has 7 heteroatoms. The van der Waals surface area contributed by atoms with E-state index in [2.05, 4.69) is 39.6 Å². The van der Waals surface area contributed by atoms with E-state index in [4.69, 9.17) is 0 Å². The maximum Gasteiger partial charge on any atom is 0.241 e. The fraction of sp³-hybridized carbons (Fsp3) is 0.533. The van der Waals surface area contributed by atoms with Crippen LogP contribution in [0.5, 0.6) is 0 Å². The number of benzene rings is 1. The molecule has 1 aliphatic rings. The molecule has 5 nitrogen and oxygen atoms in total. The minimum absolute atomic E-state index is 0.157. The molecule has 1 aromatic rings. The SMILES string of the molecule is C[C@H]1CCCC[C@@H]1NC(=O)CNS(=O)(=O)c1ccc(I)cc1. The molecule has 0 heterocycles. The van der Waals surface area contributed by atoms with E-state index in [0.717, 1.165) is 22.8 Å². The summed E-state index contributed by atoms with van der Waals surface area (Å²) in [7, 11) is -3.64. The average Bonchev–Trinajstić information content (AvgIpc) is 2.48. The maximum absolute atomic E-state index is 12.1. The molecular weight excluding hydrogens is 415 g/mol. The van der Waals surface area contributed by atoms with Crippen molar-refractivity contribution >= 4 is 38.5 Å². The van der Waals surface area contributed by atoms with Crippen molar-refractivity contribution in [3.8, 4) is 0 Å². The molecule has 1 fully saturated rings. The molecule has 2 atom stereocenters. The Balaban J connectivity index is 1.88. The normalized spacial score (nSPS) is 22.3. The first-order valence-electron chi connectivity index (χ1n) is 7.43. The van der Waals surface area contributed by atoms with Gasteiger partial charge in [0.05, 0.1) is 11.4 Å². The molecule has 0 saturated heterocycles. The molecule has 0 radical (unpaired) electrons. The summed E-state index contributed by atoms with van der Waals surface area (Å²) in [5.41, 5.74) is 0. The van der Waals surface area contributed by atoms with Gasteiger partial charge in [0.1, 0.15) is 0 Å². The number of halogens is 1. The monoisotopic (exact) mass is 436 g/mol. The second-order valence-electron chi connectivity index (χ2n) is 5.71. The Morgan fingerprint density at radius 3 is 2.50 bits per heavy atom. The zero-order valence-corrected chi connectivity index (χ0v) is 15.5. The van der Waals surface area contributed by atoms with Crippen LogP contribution in [0.2, 0.25) is 0 Å². The van der Waals surface area contributed by atoms with Gasteiger partial charge in [-0.2, -0.15) is 0 Å². The van der Waals surface area contributed by atoms with E-state index in [1.165, 1.54) is 18.6 Å². The Hall–Kier alpha value is -0.670. The van der Waals surface area contributed by atoms with Crippen LogP contribution < -0.4 is 10.0 Å². The van der Waals surface area contributed by atoms with E-state index in [-0.39, 0.29) is 23.4 Å². The highest BCUT2D eigenvalue weighted by Crippen LogP contribution is 2.23. The molecule has 1 saturated carbocycles. The van der Waals surface area contributed by atoms with Gasteiger partial charge in [-0.25, -0.2) is 13.1 Å². The lowest BCUT2D eigenvalue weighted by atomic mass is 9.86. The first kappa shape index (κ1) is 17.7. The van der Waals surface area contributed by atoms with Crippen LogP contribution >= 0.6 is 22.6 Å². The third kappa shape index (κ3) is 4.92. The van der Waals surface area contributed by atoms with Crippen LogP contribution in [0.15, 0.2) is 29.2 Å². The number of hydrogen-bond acceptors (Lipinski definition) is 3. The molecule has 0 aliphatic heterocycles. The molecule has 1 aliphatic carbocycles. The zero-order valence-electron chi connectivity index (χ0n) is 12.5. The summed E-state index contributed by atoms with van der Waals surface area (Å²) >= 11 is 2.11. The van der Waals surface area contributed by atoms with Crippen LogP contribution in [0.4, 0.5) is 0 Å². The zero-order chi connectivity index (χ0) is 16.2. The minimum Gasteiger partial charge on any atom is -0.352 e. The number of nitrogens with one attached hydrogen (secondary N) is 2. The van der Waals surface area contributed by atoms with Crippen LogP contribution in [0.3, 0.4) is 0 Å². The molecule has 22 heavy (non-hydrogen) atoms. The maximum atomic E-state index is 12.1. The topological polar surface area (TPSA) is 75.3 Å². The summed E-state index contributed by atoms with van der Waals surface area (Å²) in [4.78, 5) is 12.1. The van der Waals surface area contributed by atoms with Crippen molar-refractivity contribution in [2.45, 2.75) is 43.5 Å². The van der Waals surface area contributed by atoms with E-state index < -0.39 is 10.0 Å². The smallest absolute Gasteiger partial charge is 0.241 e. The Bertz CT molecular complexity index is 616. The van der Waals surface area contributed by atoms with Crippen molar-refractivity contribution < 1.29 is 13.2 Å². The lowest BCUT2D eigenvalue weighted by Gasteiger charge is -2.29. The van der Waals surface area contributed by atoms with Gasteiger partial charge in [-0.15, -0.1) is 0 Å². The van der Waals surface area contributed by atoms with Gasteiger partial charge in [-0.1, -0.05) is 19.8 Å². The van der Waals surface area contributed by atoms with Crippen molar-refractivity contribution in [2.24, 2.45) is 5.92 Å². The lowest BCUT2D eigenvalue weighted by molar-refractivity contribution is -0.121. The molecule has 1 amide bonds. The van der Waals surface area contributed by atoms with Gasteiger partial charge in [0.25, 0.3) is 0 Å². The van der Waals surface area contributed by atoms with Gasteiger partial charge >= 0.3 is 0 Å². The van der Waals surface area contributed by atoms with Gasteiger partial charge < -0.3 is 5.32 Å². The fourth-order valence-corrected chi connectivity index (χ4v) is 3.99. The van der Waals surface area contributed by atoms with Gasteiger partial charge in [0, 0.05) is 9.61 Å². The van der Waals surface area contributed by atoms with Crippen molar-refractivity contribution in [3.63, 3.8) is 0 Å². The van der Waals surface area contributed by atoms with Crippen LogP contribution in [0, 0.1) is 9.49 Å². The standard InChI is InChI=1S/C15H21IN2O3S/c1-11-4-2-3-5-14(11)18-15(19)10-17-22(20,21)13-8-6-12(16)7-9-13/h6-9,11,14,17H,2-5,10H2,1H3,(H,18,19)/t11-,14-/m0/s1. The minimum atomic E-state index is -3.64. The highest BCUT2D eigenvalue weighted by atomic mass is 127. The summed E-state index contributed by atoms with van der Waals surface area (Å²) in [5, 5.41) is 2.93. The van der Waals surface area contributed by atoms with Crippen LogP contribution in [-0.4, -0.2) is 26.9 Å². The molecule has 0 bridgehead atoms. The number of rotatable bonds is 5. The fourth-order valence-electron chi connectivity index (χ4n) is 2.65. The second-order valence-corrected chi connectivity index (χ2v) is 8.73. The number of hydrogen-bond donors (Lipinski definition) is 2. The average molecular weight is 436 g/mol. The Morgan fingerprint density at radius 1 is 1.23 bits per heavy atom. The molecule has 0 unspecified atom stereocenters. The van der Waals surface area contributed by atoms with Crippen LogP contribution in [-0.2, 0) is 14.8 Å². The summed E-state index contributed by atoms with van der Waals surface area (Å²) in [6, 6.07) is 6.66. The molecule has 0 spiro atoms.